The molecule has 3 rings (SSSR count). The van der Waals surface area contributed by atoms with Crippen LogP contribution in [0.4, 0.5) is 19.3 Å². The van der Waals surface area contributed by atoms with E-state index >= 15 is 0 Å². The Balaban J connectivity index is 1.66. The molecule has 0 aromatic heterocycles. The molecule has 10 heteroatoms. The Morgan fingerprint density at radius 2 is 2.11 bits per heavy atom. The summed E-state index contributed by atoms with van der Waals surface area (Å²) in [5, 5.41) is 19.2. The Morgan fingerprint density at radius 1 is 1.37 bits per heavy atom. The van der Waals surface area contributed by atoms with Gasteiger partial charge in [-0.25, -0.2) is 13.6 Å². The fraction of sp³-hybridized carbons (Fsp3) is 0.294. The summed E-state index contributed by atoms with van der Waals surface area (Å²) in [7, 11) is 0. The minimum Gasteiger partial charge on any atom is -0.381 e. The average Bonchev–Trinajstić information content (AvgIpc) is 3.43. The molecule has 1 aliphatic carbocycles. The summed E-state index contributed by atoms with van der Waals surface area (Å²) in [6, 6.07) is 2.63. The highest BCUT2D eigenvalue weighted by molar-refractivity contribution is 6.36. The minimum absolute atomic E-state index is 0.0323. The third-order valence-corrected chi connectivity index (χ3v) is 4.49. The molecule has 1 saturated carbocycles. The maximum absolute atomic E-state index is 13.2. The highest BCUT2D eigenvalue weighted by Crippen LogP contribution is 2.41. The number of carbonyl (C=O) groups is 2. The van der Waals surface area contributed by atoms with Crippen LogP contribution < -0.4 is 21.4 Å². The van der Waals surface area contributed by atoms with Crippen molar-refractivity contribution in [3.8, 4) is 0 Å². The van der Waals surface area contributed by atoms with E-state index in [-0.39, 0.29) is 29.6 Å². The van der Waals surface area contributed by atoms with Crippen LogP contribution in [0.1, 0.15) is 12.8 Å². The Kier molecular flexibility index (Phi) is 4.89. The van der Waals surface area contributed by atoms with E-state index in [1.165, 1.54) is 6.07 Å². The van der Waals surface area contributed by atoms with E-state index in [0.29, 0.717) is 0 Å². The van der Waals surface area contributed by atoms with Crippen molar-refractivity contribution >= 4 is 29.6 Å². The summed E-state index contributed by atoms with van der Waals surface area (Å²) in [5.74, 6) is -2.38. The first kappa shape index (κ1) is 18.5. The predicted molar refractivity (Wildman–Crippen MR) is 95.5 cm³/mol. The number of amides is 3. The quantitative estimate of drug-likeness (QED) is 0.268. The van der Waals surface area contributed by atoms with Crippen molar-refractivity contribution < 1.29 is 18.4 Å². The van der Waals surface area contributed by atoms with Crippen LogP contribution in [0.3, 0.4) is 0 Å². The number of hydrazone groups is 1. The molecule has 1 heterocycles. The molecule has 1 aromatic carbocycles. The summed E-state index contributed by atoms with van der Waals surface area (Å²) in [6.07, 6.45) is 2.56. The summed E-state index contributed by atoms with van der Waals surface area (Å²) in [4.78, 5) is 23.7. The number of nitrogens with one attached hydrogen (secondary N) is 5. The summed E-state index contributed by atoms with van der Waals surface area (Å²) in [5.41, 5.74) is 1.97. The smallest absolute Gasteiger partial charge is 0.322 e. The largest absolute Gasteiger partial charge is 0.381 e. The van der Waals surface area contributed by atoms with Crippen LogP contribution in [-0.4, -0.2) is 35.9 Å². The van der Waals surface area contributed by atoms with Crippen LogP contribution in [0.2, 0.25) is 0 Å². The Hall–Kier alpha value is -3.30. The van der Waals surface area contributed by atoms with Gasteiger partial charge >= 0.3 is 6.03 Å². The van der Waals surface area contributed by atoms with Crippen LogP contribution >= 0.6 is 0 Å². The van der Waals surface area contributed by atoms with Gasteiger partial charge in [0.05, 0.1) is 11.4 Å². The van der Waals surface area contributed by atoms with Crippen molar-refractivity contribution in [1.29, 1.82) is 5.41 Å². The third-order valence-electron chi connectivity index (χ3n) is 4.49. The highest BCUT2D eigenvalue weighted by Gasteiger charge is 2.55. The molecular formula is C17H18F2N6O2. The number of rotatable bonds is 8. The zero-order valence-corrected chi connectivity index (χ0v) is 14.2. The fourth-order valence-electron chi connectivity index (χ4n) is 2.85. The average molecular weight is 376 g/mol. The van der Waals surface area contributed by atoms with Crippen molar-refractivity contribution in [1.82, 2.24) is 16.0 Å². The standard InChI is InChI=1S/C17H18F2N6O2/c1-9(14(7-20)25-24-11-4-5-12(18)13(19)6-11)21-8-17(10-2-3-10)15(26)22-16(27)23-17/h4-7,10,20-21,24H,1-3,8H2,(H2,22,23,26,27)/b20-7?,25-14+/t17-/m0/s1. The lowest BCUT2D eigenvalue weighted by Gasteiger charge is -2.27. The van der Waals surface area contributed by atoms with Gasteiger partial charge in [0, 0.05) is 18.8 Å². The number of halogens is 2. The van der Waals surface area contributed by atoms with Gasteiger partial charge in [0.2, 0.25) is 0 Å². The minimum atomic E-state index is -1.05. The summed E-state index contributed by atoms with van der Waals surface area (Å²) in [6.45, 7) is 3.86. The van der Waals surface area contributed by atoms with E-state index in [0.717, 1.165) is 31.2 Å². The van der Waals surface area contributed by atoms with E-state index in [4.69, 9.17) is 5.41 Å². The van der Waals surface area contributed by atoms with Gasteiger partial charge in [0.25, 0.3) is 5.91 Å². The third kappa shape index (κ3) is 3.78. The number of nitrogens with zero attached hydrogens (tertiary/aromatic N) is 1. The van der Waals surface area contributed by atoms with Gasteiger partial charge in [-0.2, -0.15) is 5.10 Å². The molecule has 1 saturated heterocycles. The first-order valence-electron chi connectivity index (χ1n) is 8.21. The molecule has 142 valence electrons. The molecule has 27 heavy (non-hydrogen) atoms. The number of hydrogen-bond donors (Lipinski definition) is 5. The molecule has 2 aliphatic rings. The molecule has 1 atom stereocenters. The van der Waals surface area contributed by atoms with Gasteiger partial charge in [0.1, 0.15) is 11.3 Å². The van der Waals surface area contributed by atoms with Gasteiger partial charge in [-0.3, -0.25) is 15.5 Å². The van der Waals surface area contributed by atoms with Crippen LogP contribution in [0.25, 0.3) is 0 Å². The van der Waals surface area contributed by atoms with Gasteiger partial charge in [-0.05, 0) is 30.9 Å². The fourth-order valence-corrected chi connectivity index (χ4v) is 2.85. The molecule has 8 nitrogen and oxygen atoms in total. The number of urea groups is 1. The summed E-state index contributed by atoms with van der Waals surface area (Å²) >= 11 is 0. The maximum Gasteiger partial charge on any atom is 0.322 e. The molecule has 0 bridgehead atoms. The van der Waals surface area contributed by atoms with Crippen molar-refractivity contribution in [3.05, 3.63) is 42.1 Å². The van der Waals surface area contributed by atoms with Crippen LogP contribution in [0, 0.1) is 23.0 Å². The van der Waals surface area contributed by atoms with Crippen molar-refractivity contribution in [2.75, 3.05) is 12.0 Å². The van der Waals surface area contributed by atoms with E-state index in [1.807, 2.05) is 0 Å². The normalized spacial score (nSPS) is 22.1. The van der Waals surface area contributed by atoms with E-state index in [1.54, 1.807) is 0 Å². The first-order chi connectivity index (χ1) is 12.9. The molecule has 1 aromatic rings. The monoisotopic (exact) mass is 376 g/mol. The second kappa shape index (κ2) is 7.14. The van der Waals surface area contributed by atoms with E-state index in [9.17, 15) is 18.4 Å². The van der Waals surface area contributed by atoms with Crippen molar-refractivity contribution in [2.45, 2.75) is 18.4 Å². The molecule has 3 amide bonds. The highest BCUT2D eigenvalue weighted by atomic mass is 19.2. The first-order valence-corrected chi connectivity index (χ1v) is 8.21. The lowest BCUT2D eigenvalue weighted by atomic mass is 9.93. The maximum atomic E-state index is 13.2. The topological polar surface area (TPSA) is 118 Å². The Bertz CT molecular complexity index is 852. The zero-order chi connectivity index (χ0) is 19.6. The number of carbonyl (C=O) groups excluding carboxylic acids is 2. The van der Waals surface area contributed by atoms with Gasteiger partial charge < -0.3 is 16.0 Å². The van der Waals surface area contributed by atoms with Gasteiger partial charge in [-0.15, -0.1) is 0 Å². The predicted octanol–water partition coefficient (Wildman–Crippen LogP) is 1.47. The van der Waals surface area contributed by atoms with Crippen LogP contribution in [0.5, 0.6) is 0 Å². The second-order valence-electron chi connectivity index (χ2n) is 6.37. The zero-order valence-electron chi connectivity index (χ0n) is 14.2. The van der Waals surface area contributed by atoms with Crippen molar-refractivity contribution in [3.63, 3.8) is 0 Å². The summed E-state index contributed by atoms with van der Waals surface area (Å²) < 4.78 is 26.2. The molecule has 0 spiro atoms. The Morgan fingerprint density at radius 3 is 2.67 bits per heavy atom. The molecule has 5 N–H and O–H groups in total. The number of benzene rings is 1. The van der Waals surface area contributed by atoms with Crippen LogP contribution in [0.15, 0.2) is 35.6 Å². The van der Waals surface area contributed by atoms with E-state index < -0.39 is 29.1 Å². The number of imide groups is 1. The molecule has 0 radical (unpaired) electrons. The molecule has 1 aliphatic heterocycles. The SMILES string of the molecule is C=C(NC[C@@]1(C2CC2)NC(=O)NC1=O)/C(C=N)=N/Nc1ccc(F)c(F)c1. The van der Waals surface area contributed by atoms with Crippen molar-refractivity contribution in [2.24, 2.45) is 11.0 Å². The number of allylic oxidation sites excluding steroid dienone is 1. The molecule has 0 unspecified atom stereocenters. The number of hydrogen-bond acceptors (Lipinski definition) is 6. The van der Waals surface area contributed by atoms with E-state index in [2.05, 4.69) is 33.1 Å². The second-order valence-corrected chi connectivity index (χ2v) is 6.37. The Labute approximate surface area is 153 Å². The van der Waals surface area contributed by atoms with Crippen LogP contribution in [-0.2, 0) is 4.79 Å². The van der Waals surface area contributed by atoms with Gasteiger partial charge in [0.15, 0.2) is 11.6 Å². The lowest BCUT2D eigenvalue weighted by Crippen LogP contribution is -2.56. The van der Waals surface area contributed by atoms with Gasteiger partial charge in [-0.1, -0.05) is 6.58 Å². The molecular weight excluding hydrogens is 358 g/mol. The molecule has 2 fully saturated rings. The lowest BCUT2D eigenvalue weighted by molar-refractivity contribution is -0.124. The number of anilines is 1.